The van der Waals surface area contributed by atoms with Crippen LogP contribution in [-0.4, -0.2) is 19.1 Å². The van der Waals surface area contributed by atoms with Crippen LogP contribution in [0, 0.1) is 0 Å². The van der Waals surface area contributed by atoms with Gasteiger partial charge in [0.05, 0.1) is 0 Å². The molecule has 0 spiro atoms. The van der Waals surface area contributed by atoms with E-state index in [-0.39, 0.29) is 0 Å². The van der Waals surface area contributed by atoms with E-state index in [0.29, 0.717) is 12.6 Å². The normalized spacial score (nSPS) is 12.8. The molecule has 0 aromatic heterocycles. The third-order valence-electron chi connectivity index (χ3n) is 2.12. The number of nitrogens with two attached hydrogens (primary N) is 1. The van der Waals surface area contributed by atoms with Crippen LogP contribution in [-0.2, 0) is 6.42 Å². The first-order chi connectivity index (χ1) is 6.74. The van der Waals surface area contributed by atoms with Crippen molar-refractivity contribution >= 4 is 15.9 Å². The highest BCUT2D eigenvalue weighted by Crippen LogP contribution is 2.17. The molecule has 0 saturated carbocycles. The molecule has 0 amide bonds. The molecular formula is C11H17BrN2. The lowest BCUT2D eigenvalue weighted by molar-refractivity contribution is 0.552. The van der Waals surface area contributed by atoms with Crippen LogP contribution in [0.5, 0.6) is 0 Å². The second-order valence-corrected chi connectivity index (χ2v) is 4.29. The van der Waals surface area contributed by atoms with Crippen molar-refractivity contribution in [2.24, 2.45) is 5.73 Å². The summed E-state index contributed by atoms with van der Waals surface area (Å²) in [6.07, 6.45) is 1.03. The Morgan fingerprint density at radius 3 is 2.79 bits per heavy atom. The molecule has 0 heterocycles. The van der Waals surface area contributed by atoms with E-state index in [0.717, 1.165) is 13.0 Å². The molecule has 78 valence electrons. The minimum Gasteiger partial charge on any atom is -0.329 e. The third kappa shape index (κ3) is 3.78. The Morgan fingerprint density at radius 2 is 2.14 bits per heavy atom. The summed E-state index contributed by atoms with van der Waals surface area (Å²) in [4.78, 5) is 0. The molecule has 0 bridgehead atoms. The van der Waals surface area contributed by atoms with Crippen LogP contribution in [0.3, 0.4) is 0 Å². The first kappa shape index (κ1) is 11.7. The zero-order valence-corrected chi connectivity index (χ0v) is 10.0. The molecule has 0 radical (unpaired) electrons. The van der Waals surface area contributed by atoms with Crippen LogP contribution in [0.4, 0.5) is 0 Å². The summed E-state index contributed by atoms with van der Waals surface area (Å²) in [7, 11) is 0. The maximum absolute atomic E-state index is 5.43. The molecule has 3 heteroatoms. The summed E-state index contributed by atoms with van der Waals surface area (Å²) in [6.45, 7) is 3.75. The Balaban J connectivity index is 2.47. The highest BCUT2D eigenvalue weighted by molar-refractivity contribution is 9.10. The zero-order valence-electron chi connectivity index (χ0n) is 8.46. The molecule has 1 aromatic carbocycles. The summed E-state index contributed by atoms with van der Waals surface area (Å²) < 4.78 is 1.18. The highest BCUT2D eigenvalue weighted by Gasteiger charge is 2.04. The number of hydrogen-bond acceptors (Lipinski definition) is 2. The maximum atomic E-state index is 5.43. The van der Waals surface area contributed by atoms with Gasteiger partial charge in [-0.2, -0.15) is 0 Å². The van der Waals surface area contributed by atoms with Gasteiger partial charge in [0.25, 0.3) is 0 Å². The highest BCUT2D eigenvalue weighted by atomic mass is 79.9. The van der Waals surface area contributed by atoms with Gasteiger partial charge in [0.15, 0.2) is 0 Å². The topological polar surface area (TPSA) is 38.0 Å². The Morgan fingerprint density at radius 1 is 1.43 bits per heavy atom. The van der Waals surface area contributed by atoms with Gasteiger partial charge in [-0.05, 0) is 25.0 Å². The average molecular weight is 257 g/mol. The van der Waals surface area contributed by atoms with Crippen LogP contribution >= 0.6 is 15.9 Å². The van der Waals surface area contributed by atoms with Crippen molar-refractivity contribution < 1.29 is 0 Å². The van der Waals surface area contributed by atoms with Gasteiger partial charge in [-0.1, -0.05) is 34.1 Å². The Bertz CT molecular complexity index is 276. The van der Waals surface area contributed by atoms with Crippen molar-refractivity contribution in [1.29, 1.82) is 0 Å². The van der Waals surface area contributed by atoms with Gasteiger partial charge in [0.2, 0.25) is 0 Å². The summed E-state index contributed by atoms with van der Waals surface area (Å²) in [5.41, 5.74) is 6.77. The van der Waals surface area contributed by atoms with Gasteiger partial charge in [-0.25, -0.2) is 0 Å². The lowest BCUT2D eigenvalue weighted by Crippen LogP contribution is -2.32. The molecule has 0 aliphatic rings. The van der Waals surface area contributed by atoms with Gasteiger partial charge in [0, 0.05) is 23.6 Å². The van der Waals surface area contributed by atoms with Crippen molar-refractivity contribution in [1.82, 2.24) is 5.32 Å². The summed E-state index contributed by atoms with van der Waals surface area (Å²) in [5.74, 6) is 0. The van der Waals surface area contributed by atoms with Crippen molar-refractivity contribution in [3.05, 3.63) is 34.3 Å². The molecule has 0 aliphatic carbocycles. The van der Waals surface area contributed by atoms with E-state index < -0.39 is 0 Å². The summed E-state index contributed by atoms with van der Waals surface area (Å²) >= 11 is 3.54. The van der Waals surface area contributed by atoms with Crippen molar-refractivity contribution in [2.75, 3.05) is 13.1 Å². The second kappa shape index (κ2) is 6.17. The van der Waals surface area contributed by atoms with E-state index in [4.69, 9.17) is 5.73 Å². The van der Waals surface area contributed by atoms with E-state index in [1.807, 2.05) is 6.07 Å². The minimum absolute atomic E-state index is 0.470. The molecule has 0 aliphatic heterocycles. The van der Waals surface area contributed by atoms with Crippen LogP contribution in [0.2, 0.25) is 0 Å². The molecule has 1 atom stereocenters. The first-order valence-electron chi connectivity index (χ1n) is 4.91. The van der Waals surface area contributed by atoms with E-state index >= 15 is 0 Å². The van der Waals surface area contributed by atoms with E-state index in [9.17, 15) is 0 Å². The molecule has 1 rings (SSSR count). The summed E-state index contributed by atoms with van der Waals surface area (Å²) in [6, 6.07) is 8.79. The van der Waals surface area contributed by atoms with Crippen LogP contribution < -0.4 is 11.1 Å². The standard InChI is InChI=1S/C11H17BrN2/c1-9(14-7-6-13)8-10-4-2-3-5-11(10)12/h2-5,9,14H,6-8,13H2,1H3. The fraction of sp³-hybridized carbons (Fsp3) is 0.455. The fourth-order valence-corrected chi connectivity index (χ4v) is 1.84. The Hall–Kier alpha value is -0.380. The SMILES string of the molecule is CC(Cc1ccccc1Br)NCCN. The Labute approximate surface area is 94.0 Å². The number of nitrogens with one attached hydrogen (secondary N) is 1. The second-order valence-electron chi connectivity index (χ2n) is 3.44. The molecule has 0 saturated heterocycles. The number of halogens is 1. The molecule has 0 fully saturated rings. The minimum atomic E-state index is 0.470. The van der Waals surface area contributed by atoms with E-state index in [2.05, 4.69) is 46.4 Å². The molecule has 2 nitrogen and oxygen atoms in total. The molecule has 3 N–H and O–H groups in total. The predicted molar refractivity (Wildman–Crippen MR) is 64.4 cm³/mol. The van der Waals surface area contributed by atoms with Crippen LogP contribution in [0.25, 0.3) is 0 Å². The van der Waals surface area contributed by atoms with Gasteiger partial charge >= 0.3 is 0 Å². The number of hydrogen-bond donors (Lipinski definition) is 2. The quantitative estimate of drug-likeness (QED) is 0.845. The first-order valence-corrected chi connectivity index (χ1v) is 5.70. The average Bonchev–Trinajstić information content (AvgIpc) is 2.18. The lowest BCUT2D eigenvalue weighted by Gasteiger charge is -2.13. The van der Waals surface area contributed by atoms with Gasteiger partial charge in [0.1, 0.15) is 0 Å². The van der Waals surface area contributed by atoms with Gasteiger partial charge in [-0.3, -0.25) is 0 Å². The van der Waals surface area contributed by atoms with Crippen molar-refractivity contribution in [3.63, 3.8) is 0 Å². The monoisotopic (exact) mass is 256 g/mol. The van der Waals surface area contributed by atoms with Crippen LogP contribution in [0.15, 0.2) is 28.7 Å². The molecular weight excluding hydrogens is 240 g/mol. The molecule has 1 aromatic rings. The number of benzene rings is 1. The van der Waals surface area contributed by atoms with Crippen molar-refractivity contribution in [3.8, 4) is 0 Å². The van der Waals surface area contributed by atoms with E-state index in [1.54, 1.807) is 0 Å². The summed E-state index contributed by atoms with van der Waals surface area (Å²) in [5, 5.41) is 3.36. The predicted octanol–water partition coefficient (Wildman–Crippen LogP) is 1.93. The van der Waals surface area contributed by atoms with E-state index in [1.165, 1.54) is 10.0 Å². The number of rotatable bonds is 5. The Kier molecular flexibility index (Phi) is 5.15. The molecule has 1 unspecified atom stereocenters. The van der Waals surface area contributed by atoms with Gasteiger partial charge in [-0.15, -0.1) is 0 Å². The molecule has 14 heavy (non-hydrogen) atoms. The van der Waals surface area contributed by atoms with Crippen LogP contribution in [0.1, 0.15) is 12.5 Å². The van der Waals surface area contributed by atoms with Crippen molar-refractivity contribution in [2.45, 2.75) is 19.4 Å². The third-order valence-corrected chi connectivity index (χ3v) is 2.89. The van der Waals surface area contributed by atoms with Gasteiger partial charge < -0.3 is 11.1 Å². The lowest BCUT2D eigenvalue weighted by atomic mass is 10.1. The maximum Gasteiger partial charge on any atom is 0.0207 e. The largest absolute Gasteiger partial charge is 0.329 e. The smallest absolute Gasteiger partial charge is 0.0207 e. The zero-order chi connectivity index (χ0) is 10.4. The fourth-order valence-electron chi connectivity index (χ4n) is 1.40.